The van der Waals surface area contributed by atoms with Crippen molar-refractivity contribution in [2.75, 3.05) is 11.6 Å². The van der Waals surface area contributed by atoms with Gasteiger partial charge in [-0.1, -0.05) is 37.3 Å². The van der Waals surface area contributed by atoms with Gasteiger partial charge in [0.05, 0.1) is 5.39 Å². The number of benzene rings is 3. The quantitative estimate of drug-likeness (QED) is 0.360. The molecule has 5 rings (SSSR count). The van der Waals surface area contributed by atoms with E-state index in [4.69, 9.17) is 9.15 Å². The lowest BCUT2D eigenvalue weighted by molar-refractivity contribution is 0.287. The van der Waals surface area contributed by atoms with E-state index in [1.54, 1.807) is 0 Å². The van der Waals surface area contributed by atoms with E-state index in [0.29, 0.717) is 17.7 Å². The second kappa shape index (κ2) is 6.41. The second-order valence-electron chi connectivity index (χ2n) is 7.29. The molecule has 0 spiro atoms. The van der Waals surface area contributed by atoms with Crippen LogP contribution in [-0.4, -0.2) is 6.73 Å². The summed E-state index contributed by atoms with van der Waals surface area (Å²) in [5.41, 5.74) is 4.77. The predicted molar refractivity (Wildman–Crippen MR) is 112 cm³/mol. The van der Waals surface area contributed by atoms with Crippen LogP contribution in [0.15, 0.2) is 63.8 Å². The Bertz CT molecular complexity index is 1260. The minimum Gasteiger partial charge on any atom is -0.472 e. The van der Waals surface area contributed by atoms with Crippen molar-refractivity contribution in [1.29, 1.82) is 0 Å². The standard InChI is InChI=1S/C24H21NO3/c1-3-16-8-10-18(11-9-16)25-13-17-12-21-19-6-4-5-7-20(19)24(26)28-23(21)15(2)22(17)27-14-25/h4-12H,3,13-14H2,1-2H3. The Hall–Kier alpha value is -3.27. The molecule has 0 aliphatic carbocycles. The van der Waals surface area contributed by atoms with Crippen molar-refractivity contribution < 1.29 is 9.15 Å². The molecule has 0 N–H and O–H groups in total. The highest BCUT2D eigenvalue weighted by Gasteiger charge is 2.23. The molecule has 0 unspecified atom stereocenters. The highest BCUT2D eigenvalue weighted by molar-refractivity contribution is 6.06. The number of hydrogen-bond donors (Lipinski definition) is 0. The molecule has 4 aromatic rings. The summed E-state index contributed by atoms with van der Waals surface area (Å²) < 4.78 is 11.8. The second-order valence-corrected chi connectivity index (χ2v) is 7.29. The van der Waals surface area contributed by atoms with Crippen LogP contribution in [0.2, 0.25) is 0 Å². The molecule has 0 radical (unpaired) electrons. The maximum Gasteiger partial charge on any atom is 0.344 e. The third kappa shape index (κ3) is 2.56. The monoisotopic (exact) mass is 371 g/mol. The molecule has 0 atom stereocenters. The van der Waals surface area contributed by atoms with E-state index in [0.717, 1.165) is 46.3 Å². The molecule has 0 amide bonds. The first-order valence-electron chi connectivity index (χ1n) is 9.60. The van der Waals surface area contributed by atoms with Crippen molar-refractivity contribution in [2.24, 2.45) is 0 Å². The summed E-state index contributed by atoms with van der Waals surface area (Å²) in [6, 6.07) is 18.3. The molecule has 4 nitrogen and oxygen atoms in total. The lowest BCUT2D eigenvalue weighted by Crippen LogP contribution is -2.32. The van der Waals surface area contributed by atoms with E-state index in [9.17, 15) is 4.79 Å². The average Bonchev–Trinajstić information content (AvgIpc) is 2.75. The van der Waals surface area contributed by atoms with E-state index in [1.165, 1.54) is 5.56 Å². The van der Waals surface area contributed by atoms with Crippen LogP contribution in [0.25, 0.3) is 21.7 Å². The number of nitrogens with zero attached hydrogens (tertiary/aromatic N) is 1. The topological polar surface area (TPSA) is 42.7 Å². The number of rotatable bonds is 2. The normalized spacial score (nSPS) is 13.6. The van der Waals surface area contributed by atoms with Crippen molar-refractivity contribution in [2.45, 2.75) is 26.8 Å². The summed E-state index contributed by atoms with van der Waals surface area (Å²) in [5.74, 6) is 0.826. The summed E-state index contributed by atoms with van der Waals surface area (Å²) in [7, 11) is 0. The number of aryl methyl sites for hydroxylation is 2. The molecule has 4 heteroatoms. The van der Waals surface area contributed by atoms with Gasteiger partial charge in [-0.3, -0.25) is 0 Å². The van der Waals surface area contributed by atoms with Gasteiger partial charge in [-0.25, -0.2) is 4.79 Å². The van der Waals surface area contributed by atoms with Crippen molar-refractivity contribution in [3.63, 3.8) is 0 Å². The first-order valence-corrected chi connectivity index (χ1v) is 9.60. The van der Waals surface area contributed by atoms with Crippen molar-refractivity contribution >= 4 is 27.4 Å². The minimum absolute atomic E-state index is 0.306. The lowest BCUT2D eigenvalue weighted by atomic mass is 10.00. The molecule has 1 aromatic heterocycles. The van der Waals surface area contributed by atoms with Gasteiger partial charge < -0.3 is 14.1 Å². The molecule has 0 fully saturated rings. The Labute approximate surface area is 163 Å². The van der Waals surface area contributed by atoms with Crippen LogP contribution in [0.3, 0.4) is 0 Å². The number of hydrogen-bond acceptors (Lipinski definition) is 4. The van der Waals surface area contributed by atoms with Crippen LogP contribution < -0.4 is 15.3 Å². The molecule has 1 aliphatic heterocycles. The molecule has 1 aliphatic rings. The Morgan fingerprint density at radius 2 is 1.75 bits per heavy atom. The highest BCUT2D eigenvalue weighted by Crippen LogP contribution is 2.37. The predicted octanol–water partition coefficient (Wildman–Crippen LogP) is 5.17. The first kappa shape index (κ1) is 16.9. The minimum atomic E-state index is -0.306. The Morgan fingerprint density at radius 1 is 1.00 bits per heavy atom. The van der Waals surface area contributed by atoms with Crippen LogP contribution in [0.4, 0.5) is 5.69 Å². The van der Waals surface area contributed by atoms with E-state index in [-0.39, 0.29) is 5.63 Å². The van der Waals surface area contributed by atoms with Gasteiger partial charge in [-0.15, -0.1) is 0 Å². The van der Waals surface area contributed by atoms with Gasteiger partial charge in [0.25, 0.3) is 0 Å². The lowest BCUT2D eigenvalue weighted by Gasteiger charge is -2.32. The third-order valence-electron chi connectivity index (χ3n) is 5.60. The first-order chi connectivity index (χ1) is 13.7. The smallest absolute Gasteiger partial charge is 0.344 e. The van der Waals surface area contributed by atoms with E-state index >= 15 is 0 Å². The van der Waals surface area contributed by atoms with Crippen LogP contribution >= 0.6 is 0 Å². The van der Waals surface area contributed by atoms with Crippen LogP contribution in [0.5, 0.6) is 5.75 Å². The van der Waals surface area contributed by atoms with Gasteiger partial charge in [-0.05, 0) is 48.6 Å². The van der Waals surface area contributed by atoms with Gasteiger partial charge in [0.2, 0.25) is 0 Å². The van der Waals surface area contributed by atoms with E-state index in [2.05, 4.69) is 42.2 Å². The van der Waals surface area contributed by atoms with Gasteiger partial charge in [-0.2, -0.15) is 0 Å². The van der Waals surface area contributed by atoms with Crippen LogP contribution in [0.1, 0.15) is 23.6 Å². The zero-order valence-electron chi connectivity index (χ0n) is 16.0. The Morgan fingerprint density at radius 3 is 2.50 bits per heavy atom. The molecule has 3 aromatic carbocycles. The Balaban J connectivity index is 1.65. The molecule has 0 saturated carbocycles. The van der Waals surface area contributed by atoms with Gasteiger partial charge >= 0.3 is 5.63 Å². The molecule has 140 valence electrons. The van der Waals surface area contributed by atoms with Crippen molar-refractivity contribution in [3.8, 4) is 5.75 Å². The van der Waals surface area contributed by atoms with Gasteiger partial charge in [0, 0.05) is 28.7 Å². The van der Waals surface area contributed by atoms with Gasteiger partial charge in [0.15, 0.2) is 6.73 Å². The number of ether oxygens (including phenoxy) is 1. The summed E-state index contributed by atoms with van der Waals surface area (Å²) in [5, 5.41) is 2.49. The summed E-state index contributed by atoms with van der Waals surface area (Å²) in [6.07, 6.45) is 1.03. The van der Waals surface area contributed by atoms with Crippen LogP contribution in [0, 0.1) is 6.92 Å². The van der Waals surface area contributed by atoms with Crippen LogP contribution in [-0.2, 0) is 13.0 Å². The molecule has 28 heavy (non-hydrogen) atoms. The van der Waals surface area contributed by atoms with E-state index < -0.39 is 0 Å². The zero-order chi connectivity index (χ0) is 19.3. The third-order valence-corrected chi connectivity index (χ3v) is 5.60. The molecular weight excluding hydrogens is 350 g/mol. The highest BCUT2D eigenvalue weighted by atomic mass is 16.5. The SMILES string of the molecule is CCc1ccc(N2COc3c(cc4c(oc(=O)c5ccccc54)c3C)C2)cc1. The Kier molecular flexibility index (Phi) is 3.86. The van der Waals surface area contributed by atoms with Crippen molar-refractivity contribution in [1.82, 2.24) is 0 Å². The fourth-order valence-electron chi connectivity index (χ4n) is 4.05. The molecular formula is C24H21NO3. The summed E-state index contributed by atoms with van der Waals surface area (Å²) in [6.45, 7) is 5.35. The maximum atomic E-state index is 12.4. The largest absolute Gasteiger partial charge is 0.472 e. The fourth-order valence-corrected chi connectivity index (χ4v) is 4.05. The fraction of sp³-hybridized carbons (Fsp3) is 0.208. The molecule has 0 saturated heterocycles. The summed E-state index contributed by atoms with van der Waals surface area (Å²) in [4.78, 5) is 14.6. The maximum absolute atomic E-state index is 12.4. The summed E-state index contributed by atoms with van der Waals surface area (Å²) >= 11 is 0. The van der Waals surface area contributed by atoms with E-state index in [1.807, 2.05) is 31.2 Å². The zero-order valence-corrected chi connectivity index (χ0v) is 16.0. The van der Waals surface area contributed by atoms with Gasteiger partial charge in [0.1, 0.15) is 11.3 Å². The molecule has 2 heterocycles. The average molecular weight is 371 g/mol. The van der Waals surface area contributed by atoms with Crippen molar-refractivity contribution in [3.05, 3.63) is 81.7 Å². The number of anilines is 1. The number of fused-ring (bicyclic) bond motifs is 4. The molecule has 0 bridgehead atoms.